The Kier molecular flexibility index (Phi) is 7.38. The lowest BCUT2D eigenvalue weighted by atomic mass is 10.3. The van der Waals surface area contributed by atoms with Crippen molar-refractivity contribution in [2.24, 2.45) is 0 Å². The number of carbonyl (C=O) groups is 1. The standard InChI is InChI=1S/C13H19NO5/c14-11-3-1-2-4-12(11)19-10-9-18-8-7-17-6-5-13(15)16/h1-4H,5-10,14H2,(H,15,16). The predicted octanol–water partition coefficient (Wildman–Crippen LogP) is 1.16. The van der Waals surface area contributed by atoms with Crippen LogP contribution >= 0.6 is 0 Å². The van der Waals surface area contributed by atoms with Crippen LogP contribution in [0.1, 0.15) is 6.42 Å². The number of hydrogen-bond donors (Lipinski definition) is 2. The number of ether oxygens (including phenoxy) is 3. The molecule has 0 aromatic heterocycles. The highest BCUT2D eigenvalue weighted by molar-refractivity contribution is 5.66. The summed E-state index contributed by atoms with van der Waals surface area (Å²) < 4.78 is 15.8. The van der Waals surface area contributed by atoms with E-state index in [0.717, 1.165) is 0 Å². The minimum Gasteiger partial charge on any atom is -0.489 e. The fourth-order valence-electron chi connectivity index (χ4n) is 1.30. The van der Waals surface area contributed by atoms with E-state index in [-0.39, 0.29) is 13.0 Å². The topological polar surface area (TPSA) is 91.0 Å². The van der Waals surface area contributed by atoms with Gasteiger partial charge in [0.05, 0.1) is 38.5 Å². The number of aliphatic carboxylic acids is 1. The number of carboxylic acid groups (broad SMARTS) is 1. The molecule has 0 radical (unpaired) electrons. The minimum atomic E-state index is -0.866. The van der Waals surface area contributed by atoms with Gasteiger partial charge in [-0.2, -0.15) is 0 Å². The highest BCUT2D eigenvalue weighted by atomic mass is 16.5. The molecular formula is C13H19NO5. The zero-order valence-corrected chi connectivity index (χ0v) is 10.7. The van der Waals surface area contributed by atoms with Gasteiger partial charge in [-0.05, 0) is 12.1 Å². The lowest BCUT2D eigenvalue weighted by Gasteiger charge is -2.09. The van der Waals surface area contributed by atoms with Crippen LogP contribution in [0.3, 0.4) is 0 Å². The van der Waals surface area contributed by atoms with Gasteiger partial charge in [0.2, 0.25) is 0 Å². The molecule has 0 bridgehead atoms. The van der Waals surface area contributed by atoms with E-state index in [4.69, 9.17) is 25.1 Å². The Morgan fingerprint density at radius 3 is 2.37 bits per heavy atom. The second kappa shape index (κ2) is 9.18. The van der Waals surface area contributed by atoms with E-state index < -0.39 is 5.97 Å². The monoisotopic (exact) mass is 269 g/mol. The van der Waals surface area contributed by atoms with Crippen molar-refractivity contribution in [2.75, 3.05) is 38.8 Å². The van der Waals surface area contributed by atoms with Crippen LogP contribution in [0.5, 0.6) is 5.75 Å². The summed E-state index contributed by atoms with van der Waals surface area (Å²) in [6.45, 7) is 1.82. The molecule has 3 N–H and O–H groups in total. The fourth-order valence-corrected chi connectivity index (χ4v) is 1.30. The third kappa shape index (κ3) is 7.28. The molecule has 1 rings (SSSR count). The van der Waals surface area contributed by atoms with Crippen LogP contribution in [0.15, 0.2) is 24.3 Å². The second-order valence-corrected chi connectivity index (χ2v) is 3.75. The Hall–Kier alpha value is -1.79. The number of nitrogen functional groups attached to an aromatic ring is 1. The van der Waals surface area contributed by atoms with Gasteiger partial charge < -0.3 is 25.1 Å². The molecule has 0 spiro atoms. The SMILES string of the molecule is Nc1ccccc1OCCOCCOCCC(=O)O. The maximum atomic E-state index is 10.2. The van der Waals surface area contributed by atoms with Crippen molar-refractivity contribution in [1.82, 2.24) is 0 Å². The average molecular weight is 269 g/mol. The van der Waals surface area contributed by atoms with Gasteiger partial charge in [0, 0.05) is 0 Å². The fraction of sp³-hybridized carbons (Fsp3) is 0.462. The molecule has 0 unspecified atom stereocenters. The molecule has 6 heteroatoms. The number of anilines is 1. The molecule has 0 amide bonds. The first-order valence-electron chi connectivity index (χ1n) is 6.04. The van der Waals surface area contributed by atoms with Gasteiger partial charge >= 0.3 is 5.97 Å². The Labute approximate surface area is 112 Å². The summed E-state index contributed by atoms with van der Waals surface area (Å²) in [5.74, 6) is -0.224. The zero-order valence-electron chi connectivity index (χ0n) is 10.7. The number of carboxylic acids is 1. The van der Waals surface area contributed by atoms with Crippen LogP contribution in [0.4, 0.5) is 5.69 Å². The molecule has 19 heavy (non-hydrogen) atoms. The zero-order chi connectivity index (χ0) is 13.9. The van der Waals surface area contributed by atoms with Crippen LogP contribution in [-0.4, -0.2) is 44.1 Å². The number of benzene rings is 1. The summed E-state index contributed by atoms with van der Waals surface area (Å²) in [5, 5.41) is 8.38. The molecule has 0 saturated carbocycles. The molecular weight excluding hydrogens is 250 g/mol. The third-order valence-corrected chi connectivity index (χ3v) is 2.24. The highest BCUT2D eigenvalue weighted by Crippen LogP contribution is 2.19. The first kappa shape index (κ1) is 15.3. The first-order chi connectivity index (χ1) is 9.20. The van der Waals surface area contributed by atoms with E-state index in [1.54, 1.807) is 12.1 Å². The summed E-state index contributed by atoms with van der Waals surface area (Å²) >= 11 is 0. The highest BCUT2D eigenvalue weighted by Gasteiger charge is 1.98. The van der Waals surface area contributed by atoms with Crippen LogP contribution in [0.25, 0.3) is 0 Å². The molecule has 106 valence electrons. The van der Waals surface area contributed by atoms with Gasteiger partial charge in [-0.25, -0.2) is 0 Å². The van der Waals surface area contributed by atoms with Crippen molar-refractivity contribution in [2.45, 2.75) is 6.42 Å². The van der Waals surface area contributed by atoms with Crippen molar-refractivity contribution in [3.63, 3.8) is 0 Å². The second-order valence-electron chi connectivity index (χ2n) is 3.75. The summed E-state index contributed by atoms with van der Waals surface area (Å²) in [5.41, 5.74) is 6.30. The maximum Gasteiger partial charge on any atom is 0.305 e. The molecule has 0 atom stereocenters. The smallest absolute Gasteiger partial charge is 0.305 e. The average Bonchev–Trinajstić information content (AvgIpc) is 2.38. The largest absolute Gasteiger partial charge is 0.489 e. The van der Waals surface area contributed by atoms with Gasteiger partial charge in [0.25, 0.3) is 0 Å². The third-order valence-electron chi connectivity index (χ3n) is 2.24. The number of rotatable bonds is 10. The van der Waals surface area contributed by atoms with Gasteiger partial charge in [0.15, 0.2) is 0 Å². The first-order valence-corrected chi connectivity index (χ1v) is 6.04. The number of para-hydroxylation sites is 2. The summed E-state index contributed by atoms with van der Waals surface area (Å²) in [7, 11) is 0. The van der Waals surface area contributed by atoms with Gasteiger partial charge in [-0.3, -0.25) is 4.79 Å². The van der Waals surface area contributed by atoms with E-state index >= 15 is 0 Å². The van der Waals surface area contributed by atoms with E-state index in [2.05, 4.69) is 0 Å². The Morgan fingerprint density at radius 2 is 1.68 bits per heavy atom. The normalized spacial score (nSPS) is 10.3. The van der Waals surface area contributed by atoms with Gasteiger partial charge in [0.1, 0.15) is 12.4 Å². The molecule has 0 heterocycles. The molecule has 6 nitrogen and oxygen atoms in total. The van der Waals surface area contributed by atoms with E-state index in [1.165, 1.54) is 0 Å². The molecule has 1 aromatic rings. The van der Waals surface area contributed by atoms with Crippen molar-refractivity contribution in [3.05, 3.63) is 24.3 Å². The Bertz CT molecular complexity index is 383. The van der Waals surface area contributed by atoms with Crippen LogP contribution in [0, 0.1) is 0 Å². The van der Waals surface area contributed by atoms with Crippen LogP contribution in [0.2, 0.25) is 0 Å². The molecule has 0 fully saturated rings. The number of hydrogen-bond acceptors (Lipinski definition) is 5. The van der Waals surface area contributed by atoms with Crippen molar-refractivity contribution in [3.8, 4) is 5.75 Å². The summed E-state index contributed by atoms with van der Waals surface area (Å²) in [6, 6.07) is 7.26. The minimum absolute atomic E-state index is 0.0103. The van der Waals surface area contributed by atoms with Gasteiger partial charge in [-0.15, -0.1) is 0 Å². The molecule has 0 aliphatic carbocycles. The van der Waals surface area contributed by atoms with Crippen molar-refractivity contribution >= 4 is 11.7 Å². The molecule has 1 aromatic carbocycles. The summed E-state index contributed by atoms with van der Waals surface area (Å²) in [4.78, 5) is 10.2. The molecule has 0 saturated heterocycles. The van der Waals surface area contributed by atoms with E-state index in [0.29, 0.717) is 37.9 Å². The summed E-state index contributed by atoms with van der Waals surface area (Å²) in [6.07, 6.45) is 0.0103. The molecule has 0 aliphatic heterocycles. The predicted molar refractivity (Wildman–Crippen MR) is 70.2 cm³/mol. The van der Waals surface area contributed by atoms with Crippen LogP contribution in [-0.2, 0) is 14.3 Å². The quantitative estimate of drug-likeness (QED) is 0.489. The van der Waals surface area contributed by atoms with Crippen molar-refractivity contribution < 1.29 is 24.1 Å². The Balaban J connectivity index is 1.94. The molecule has 0 aliphatic rings. The van der Waals surface area contributed by atoms with Crippen LogP contribution < -0.4 is 10.5 Å². The lowest BCUT2D eigenvalue weighted by Crippen LogP contribution is -2.12. The number of nitrogens with two attached hydrogens (primary N) is 1. The lowest BCUT2D eigenvalue weighted by molar-refractivity contribution is -0.138. The maximum absolute atomic E-state index is 10.2. The van der Waals surface area contributed by atoms with Gasteiger partial charge in [-0.1, -0.05) is 12.1 Å². The van der Waals surface area contributed by atoms with Crippen molar-refractivity contribution in [1.29, 1.82) is 0 Å². The van der Waals surface area contributed by atoms with E-state index in [1.807, 2.05) is 12.1 Å². The Morgan fingerprint density at radius 1 is 1.05 bits per heavy atom. The van der Waals surface area contributed by atoms with E-state index in [9.17, 15) is 4.79 Å².